The molecule has 0 atom stereocenters. The predicted octanol–water partition coefficient (Wildman–Crippen LogP) is 3.06. The molecule has 0 unspecified atom stereocenters. The number of nitrogens with zero attached hydrogens (tertiary/aromatic N) is 3. The van der Waals surface area contributed by atoms with Crippen molar-refractivity contribution in [3.63, 3.8) is 0 Å². The van der Waals surface area contributed by atoms with E-state index in [2.05, 4.69) is 5.10 Å². The maximum atomic E-state index is 12.2. The number of carbonyl (C=O) groups is 1. The first-order valence-corrected chi connectivity index (χ1v) is 7.67. The van der Waals surface area contributed by atoms with E-state index in [-0.39, 0.29) is 12.6 Å². The first-order valence-electron chi connectivity index (χ1n) is 7.30. The largest absolute Gasteiger partial charge is 0.470 e. The van der Waals surface area contributed by atoms with Gasteiger partial charge in [0.1, 0.15) is 11.4 Å². The van der Waals surface area contributed by atoms with Crippen LogP contribution in [0.4, 0.5) is 0 Å². The van der Waals surface area contributed by atoms with Crippen LogP contribution in [0, 0.1) is 5.92 Å². The summed E-state index contributed by atoms with van der Waals surface area (Å²) in [6.45, 7) is 1.02. The number of rotatable bonds is 6. The number of amides is 1. The van der Waals surface area contributed by atoms with Gasteiger partial charge in [-0.1, -0.05) is 23.7 Å². The van der Waals surface area contributed by atoms with Crippen molar-refractivity contribution in [2.45, 2.75) is 19.6 Å². The summed E-state index contributed by atoms with van der Waals surface area (Å²) < 4.78 is 7.18. The molecule has 0 bridgehead atoms. The average molecular weight is 320 g/mol. The number of benzene rings is 1. The Morgan fingerprint density at radius 1 is 1.41 bits per heavy atom. The van der Waals surface area contributed by atoms with E-state index in [4.69, 9.17) is 16.3 Å². The minimum absolute atomic E-state index is 0.0524. The van der Waals surface area contributed by atoms with Crippen LogP contribution in [0.3, 0.4) is 0 Å². The van der Waals surface area contributed by atoms with Gasteiger partial charge in [0, 0.05) is 19.8 Å². The van der Waals surface area contributed by atoms with Gasteiger partial charge in [-0.25, -0.2) is 4.68 Å². The lowest BCUT2D eigenvalue weighted by molar-refractivity contribution is 0.0780. The summed E-state index contributed by atoms with van der Waals surface area (Å²) >= 11 is 6.03. The van der Waals surface area contributed by atoms with Gasteiger partial charge in [0.15, 0.2) is 6.73 Å². The van der Waals surface area contributed by atoms with E-state index >= 15 is 0 Å². The second kappa shape index (κ2) is 6.40. The third-order valence-electron chi connectivity index (χ3n) is 3.62. The van der Waals surface area contributed by atoms with Crippen LogP contribution < -0.4 is 4.74 Å². The van der Waals surface area contributed by atoms with Gasteiger partial charge in [0.05, 0.1) is 5.02 Å². The molecule has 1 aliphatic carbocycles. The zero-order chi connectivity index (χ0) is 15.5. The van der Waals surface area contributed by atoms with Crippen molar-refractivity contribution in [2.24, 2.45) is 5.92 Å². The van der Waals surface area contributed by atoms with E-state index in [0.717, 1.165) is 6.54 Å². The number of hydrogen-bond acceptors (Lipinski definition) is 3. The van der Waals surface area contributed by atoms with Crippen LogP contribution in [0.1, 0.15) is 23.3 Å². The Morgan fingerprint density at radius 3 is 2.91 bits per heavy atom. The van der Waals surface area contributed by atoms with Crippen molar-refractivity contribution in [2.75, 3.05) is 13.6 Å². The Hall–Kier alpha value is -2.01. The summed E-state index contributed by atoms with van der Waals surface area (Å²) in [6, 6.07) is 8.96. The highest BCUT2D eigenvalue weighted by molar-refractivity contribution is 6.32. The van der Waals surface area contributed by atoms with Gasteiger partial charge in [-0.3, -0.25) is 4.79 Å². The molecular formula is C16H18ClN3O2. The summed E-state index contributed by atoms with van der Waals surface area (Å²) in [7, 11) is 1.82. The first-order chi connectivity index (χ1) is 10.6. The van der Waals surface area contributed by atoms with E-state index < -0.39 is 0 Å². The number of carbonyl (C=O) groups excluding carboxylic acids is 1. The number of halogens is 1. The number of para-hydroxylation sites is 1. The van der Waals surface area contributed by atoms with Gasteiger partial charge in [0.2, 0.25) is 0 Å². The van der Waals surface area contributed by atoms with Crippen LogP contribution in [0.15, 0.2) is 36.5 Å². The third-order valence-corrected chi connectivity index (χ3v) is 3.94. The Morgan fingerprint density at radius 2 is 2.18 bits per heavy atom. The molecule has 0 aliphatic heterocycles. The lowest BCUT2D eigenvalue weighted by Crippen LogP contribution is -2.29. The lowest BCUT2D eigenvalue weighted by atomic mass is 10.3. The predicted molar refractivity (Wildman–Crippen MR) is 84.0 cm³/mol. The van der Waals surface area contributed by atoms with Crippen LogP contribution >= 0.6 is 11.6 Å². The van der Waals surface area contributed by atoms with Crippen molar-refractivity contribution in [3.05, 3.63) is 47.2 Å². The van der Waals surface area contributed by atoms with Crippen LogP contribution in [0.25, 0.3) is 0 Å². The smallest absolute Gasteiger partial charge is 0.274 e. The van der Waals surface area contributed by atoms with Crippen molar-refractivity contribution in [3.8, 4) is 5.75 Å². The Bertz CT molecular complexity index is 667. The van der Waals surface area contributed by atoms with E-state index in [1.54, 1.807) is 34.0 Å². The second-order valence-electron chi connectivity index (χ2n) is 5.57. The van der Waals surface area contributed by atoms with Gasteiger partial charge in [-0.15, -0.1) is 0 Å². The van der Waals surface area contributed by atoms with E-state index in [1.165, 1.54) is 12.8 Å². The summed E-state index contributed by atoms with van der Waals surface area (Å²) in [4.78, 5) is 14.0. The fraction of sp³-hybridized carbons (Fsp3) is 0.375. The molecule has 0 saturated heterocycles. The molecule has 1 fully saturated rings. The molecule has 0 N–H and O–H groups in total. The summed E-state index contributed by atoms with van der Waals surface area (Å²) in [5, 5.41) is 4.81. The highest BCUT2D eigenvalue weighted by Gasteiger charge is 2.26. The molecule has 5 nitrogen and oxygen atoms in total. The number of aromatic nitrogens is 2. The Balaban J connectivity index is 1.58. The monoisotopic (exact) mass is 319 g/mol. The Labute approximate surface area is 134 Å². The fourth-order valence-corrected chi connectivity index (χ4v) is 2.40. The molecule has 22 heavy (non-hydrogen) atoms. The summed E-state index contributed by atoms with van der Waals surface area (Å²) in [5.74, 6) is 1.21. The topological polar surface area (TPSA) is 47.4 Å². The quantitative estimate of drug-likeness (QED) is 0.822. The fourth-order valence-electron chi connectivity index (χ4n) is 2.21. The highest BCUT2D eigenvalue weighted by atomic mass is 35.5. The number of ether oxygens (including phenoxy) is 1. The zero-order valence-corrected chi connectivity index (χ0v) is 13.2. The molecule has 2 aromatic rings. The minimum Gasteiger partial charge on any atom is -0.470 e. The van der Waals surface area contributed by atoms with Crippen LogP contribution in [-0.4, -0.2) is 34.2 Å². The molecular weight excluding hydrogens is 302 g/mol. The molecule has 1 aromatic heterocycles. The average Bonchev–Trinajstić information content (AvgIpc) is 3.20. The van der Waals surface area contributed by atoms with Gasteiger partial charge < -0.3 is 9.64 Å². The standard InChI is InChI=1S/C16H18ClN3O2/c1-19(10-12-6-7-12)16(21)14-8-9-20(18-14)11-22-15-5-3-2-4-13(15)17/h2-5,8-9,12H,6-7,10-11H2,1H3. The molecule has 6 heteroatoms. The third kappa shape index (κ3) is 3.60. The zero-order valence-electron chi connectivity index (χ0n) is 12.4. The lowest BCUT2D eigenvalue weighted by Gasteiger charge is -2.14. The summed E-state index contributed by atoms with van der Waals surface area (Å²) in [6.07, 6.45) is 4.17. The van der Waals surface area contributed by atoms with Gasteiger partial charge >= 0.3 is 0 Å². The van der Waals surface area contributed by atoms with Crippen LogP contribution in [0.2, 0.25) is 5.02 Å². The van der Waals surface area contributed by atoms with E-state index in [1.807, 2.05) is 19.2 Å². The molecule has 0 radical (unpaired) electrons. The SMILES string of the molecule is CN(CC1CC1)C(=O)c1ccn(COc2ccccc2Cl)n1. The van der Waals surface area contributed by atoms with Gasteiger partial charge in [-0.2, -0.15) is 5.10 Å². The molecule has 1 heterocycles. The molecule has 1 aromatic carbocycles. The van der Waals surface area contributed by atoms with Crippen molar-refractivity contribution in [1.29, 1.82) is 0 Å². The van der Waals surface area contributed by atoms with Gasteiger partial charge in [0.25, 0.3) is 5.91 Å². The molecule has 1 aliphatic rings. The molecule has 1 amide bonds. The summed E-state index contributed by atoms with van der Waals surface area (Å²) in [5.41, 5.74) is 0.436. The van der Waals surface area contributed by atoms with Crippen molar-refractivity contribution in [1.82, 2.24) is 14.7 Å². The molecule has 3 rings (SSSR count). The molecule has 0 spiro atoms. The normalized spacial score (nSPS) is 13.9. The van der Waals surface area contributed by atoms with Crippen LogP contribution in [-0.2, 0) is 6.73 Å². The molecule has 116 valence electrons. The highest BCUT2D eigenvalue weighted by Crippen LogP contribution is 2.29. The van der Waals surface area contributed by atoms with Crippen LogP contribution in [0.5, 0.6) is 5.75 Å². The Kier molecular flexibility index (Phi) is 4.34. The first kappa shape index (κ1) is 14.9. The second-order valence-corrected chi connectivity index (χ2v) is 5.98. The number of hydrogen-bond donors (Lipinski definition) is 0. The van der Waals surface area contributed by atoms with E-state index in [9.17, 15) is 4.79 Å². The molecule has 1 saturated carbocycles. The van der Waals surface area contributed by atoms with Crippen molar-refractivity contribution >= 4 is 17.5 Å². The van der Waals surface area contributed by atoms with Gasteiger partial charge in [-0.05, 0) is 37.0 Å². The maximum Gasteiger partial charge on any atom is 0.274 e. The van der Waals surface area contributed by atoms with E-state index in [0.29, 0.717) is 22.4 Å². The minimum atomic E-state index is -0.0524. The maximum absolute atomic E-state index is 12.2. The van der Waals surface area contributed by atoms with Crippen molar-refractivity contribution < 1.29 is 9.53 Å².